The van der Waals surface area contributed by atoms with Crippen LogP contribution in [0.15, 0.2) is 54.5 Å². The highest BCUT2D eigenvalue weighted by Crippen LogP contribution is 2.21. The van der Waals surface area contributed by atoms with Gasteiger partial charge in [0.05, 0.1) is 10.9 Å². The van der Waals surface area contributed by atoms with Crippen LogP contribution in [0.1, 0.15) is 18.4 Å². The van der Waals surface area contributed by atoms with Gasteiger partial charge in [-0.1, -0.05) is 36.3 Å². The van der Waals surface area contributed by atoms with E-state index in [2.05, 4.69) is 19.2 Å². The van der Waals surface area contributed by atoms with Crippen LogP contribution in [0, 0.1) is 19.4 Å². The Bertz CT molecular complexity index is 599. The third-order valence-electron chi connectivity index (χ3n) is 2.91. The standard InChI is InChI=1S/C16H19NO2S/c1-5-8-15(9-6-2)17(7-3)20(18,19)16-12-10-14(4)11-13-16/h3,5-6,10-13,15H,1-2,8-9H2,4H3. The molecule has 0 saturated heterocycles. The Labute approximate surface area is 121 Å². The molecule has 0 fully saturated rings. The van der Waals surface area contributed by atoms with Gasteiger partial charge in [0.1, 0.15) is 0 Å². The summed E-state index contributed by atoms with van der Waals surface area (Å²) in [5.74, 6) is 0. The van der Waals surface area contributed by atoms with E-state index >= 15 is 0 Å². The topological polar surface area (TPSA) is 37.4 Å². The molecule has 4 heteroatoms. The van der Waals surface area contributed by atoms with Crippen molar-refractivity contribution in [3.05, 3.63) is 55.1 Å². The van der Waals surface area contributed by atoms with Gasteiger partial charge in [0, 0.05) is 6.04 Å². The van der Waals surface area contributed by atoms with E-state index in [0.29, 0.717) is 12.8 Å². The maximum atomic E-state index is 12.6. The molecule has 0 aromatic heterocycles. The molecule has 1 rings (SSSR count). The first-order valence-electron chi connectivity index (χ1n) is 6.26. The second kappa shape index (κ2) is 6.97. The number of hydrogen-bond donors (Lipinski definition) is 0. The van der Waals surface area contributed by atoms with Crippen LogP contribution < -0.4 is 0 Å². The second-order valence-corrected chi connectivity index (χ2v) is 6.26. The monoisotopic (exact) mass is 289 g/mol. The van der Waals surface area contributed by atoms with E-state index in [-0.39, 0.29) is 10.9 Å². The van der Waals surface area contributed by atoms with Crippen molar-refractivity contribution in [3.63, 3.8) is 0 Å². The molecule has 0 aliphatic carbocycles. The number of nitrogens with zero attached hydrogens (tertiary/aromatic N) is 1. The minimum atomic E-state index is -3.71. The van der Waals surface area contributed by atoms with Crippen molar-refractivity contribution in [2.45, 2.75) is 30.7 Å². The average molecular weight is 289 g/mol. The van der Waals surface area contributed by atoms with E-state index in [4.69, 9.17) is 6.42 Å². The van der Waals surface area contributed by atoms with Gasteiger partial charge >= 0.3 is 0 Å². The summed E-state index contributed by atoms with van der Waals surface area (Å²) in [5.41, 5.74) is 0.991. The summed E-state index contributed by atoms with van der Waals surface area (Å²) in [5, 5.41) is 0. The van der Waals surface area contributed by atoms with Crippen LogP contribution in [0.3, 0.4) is 0 Å². The van der Waals surface area contributed by atoms with Gasteiger partial charge in [-0.15, -0.1) is 13.2 Å². The third kappa shape index (κ3) is 3.52. The molecule has 1 aromatic rings. The minimum Gasteiger partial charge on any atom is -0.221 e. The third-order valence-corrected chi connectivity index (χ3v) is 4.70. The molecule has 0 unspecified atom stereocenters. The first-order chi connectivity index (χ1) is 9.47. The van der Waals surface area contributed by atoms with Crippen LogP contribution in [0.5, 0.6) is 0 Å². The van der Waals surface area contributed by atoms with Gasteiger partial charge in [0.2, 0.25) is 0 Å². The first kappa shape index (κ1) is 16.1. The Morgan fingerprint density at radius 2 is 1.75 bits per heavy atom. The zero-order valence-electron chi connectivity index (χ0n) is 11.6. The number of aryl methyl sites for hydroxylation is 1. The minimum absolute atomic E-state index is 0.194. The summed E-state index contributed by atoms with van der Waals surface area (Å²) < 4.78 is 26.2. The molecular weight excluding hydrogens is 270 g/mol. The Balaban J connectivity index is 3.20. The molecule has 0 aliphatic heterocycles. The van der Waals surface area contributed by atoms with Crippen LogP contribution >= 0.6 is 0 Å². The molecule has 0 amide bonds. The first-order valence-corrected chi connectivity index (χ1v) is 7.70. The molecule has 1 aromatic carbocycles. The summed E-state index contributed by atoms with van der Waals surface area (Å²) >= 11 is 0. The van der Waals surface area contributed by atoms with Crippen molar-refractivity contribution in [2.24, 2.45) is 0 Å². The Kier molecular flexibility index (Phi) is 5.60. The predicted octanol–water partition coefficient (Wildman–Crippen LogP) is 3.10. The predicted molar refractivity (Wildman–Crippen MR) is 82.5 cm³/mol. The average Bonchev–Trinajstić information content (AvgIpc) is 2.40. The zero-order valence-corrected chi connectivity index (χ0v) is 12.4. The molecule has 20 heavy (non-hydrogen) atoms. The van der Waals surface area contributed by atoms with E-state index in [1.807, 2.05) is 6.92 Å². The highest BCUT2D eigenvalue weighted by atomic mass is 32.2. The largest absolute Gasteiger partial charge is 0.271 e. The van der Waals surface area contributed by atoms with Crippen molar-refractivity contribution in [2.75, 3.05) is 0 Å². The zero-order chi connectivity index (χ0) is 15.2. The van der Waals surface area contributed by atoms with Gasteiger partial charge < -0.3 is 0 Å². The summed E-state index contributed by atoms with van der Waals surface area (Å²) in [7, 11) is -3.71. The van der Waals surface area contributed by atoms with Gasteiger partial charge in [-0.3, -0.25) is 0 Å². The lowest BCUT2D eigenvalue weighted by atomic mass is 10.1. The molecule has 0 spiro atoms. The van der Waals surface area contributed by atoms with Gasteiger partial charge in [0.15, 0.2) is 0 Å². The van der Waals surface area contributed by atoms with Crippen LogP contribution in [-0.2, 0) is 10.0 Å². The highest BCUT2D eigenvalue weighted by Gasteiger charge is 2.27. The Morgan fingerprint density at radius 3 is 2.15 bits per heavy atom. The smallest absolute Gasteiger partial charge is 0.221 e. The summed E-state index contributed by atoms with van der Waals surface area (Å²) in [6.45, 7) is 9.18. The fourth-order valence-electron chi connectivity index (χ4n) is 1.87. The molecule has 0 atom stereocenters. The maximum Gasteiger partial charge on any atom is 0.271 e. The normalized spacial score (nSPS) is 10.8. The molecule has 0 radical (unpaired) electrons. The molecule has 0 N–H and O–H groups in total. The van der Waals surface area contributed by atoms with E-state index in [9.17, 15) is 8.42 Å². The van der Waals surface area contributed by atoms with Gasteiger partial charge in [-0.05, 0) is 31.9 Å². The Morgan fingerprint density at radius 1 is 1.25 bits per heavy atom. The summed E-state index contributed by atoms with van der Waals surface area (Å²) in [4.78, 5) is 0.194. The van der Waals surface area contributed by atoms with E-state index in [1.54, 1.807) is 36.4 Å². The molecule has 0 heterocycles. The van der Waals surface area contributed by atoms with Crippen LogP contribution in [-0.4, -0.2) is 18.8 Å². The molecule has 0 aliphatic rings. The quantitative estimate of drug-likeness (QED) is 0.439. The lowest BCUT2D eigenvalue weighted by molar-refractivity contribution is 0.416. The van der Waals surface area contributed by atoms with Gasteiger partial charge in [-0.2, -0.15) is 0 Å². The lowest BCUT2D eigenvalue weighted by Gasteiger charge is -2.26. The molecular formula is C16H19NO2S. The molecule has 0 saturated carbocycles. The molecule has 0 bridgehead atoms. The molecule has 3 nitrogen and oxygen atoms in total. The number of rotatable bonds is 7. The van der Waals surface area contributed by atoms with Gasteiger partial charge in [-0.25, -0.2) is 12.7 Å². The van der Waals surface area contributed by atoms with Gasteiger partial charge in [0.25, 0.3) is 10.0 Å². The fraction of sp³-hybridized carbons (Fsp3) is 0.250. The summed E-state index contributed by atoms with van der Waals surface area (Å²) in [6.07, 6.45) is 9.67. The number of hydrogen-bond acceptors (Lipinski definition) is 2. The van der Waals surface area contributed by atoms with Crippen molar-refractivity contribution < 1.29 is 8.42 Å². The SMILES string of the molecule is C#CN(C(CC=C)CC=C)S(=O)(=O)c1ccc(C)cc1. The fourth-order valence-corrected chi connectivity index (χ4v) is 3.28. The second-order valence-electron chi connectivity index (χ2n) is 4.45. The number of sulfonamides is 1. The number of terminal acetylenes is 1. The van der Waals surface area contributed by atoms with Crippen molar-refractivity contribution >= 4 is 10.0 Å². The van der Waals surface area contributed by atoms with E-state index < -0.39 is 10.0 Å². The van der Waals surface area contributed by atoms with Crippen LogP contribution in [0.4, 0.5) is 0 Å². The van der Waals surface area contributed by atoms with Crippen molar-refractivity contribution in [1.29, 1.82) is 0 Å². The van der Waals surface area contributed by atoms with Crippen LogP contribution in [0.25, 0.3) is 0 Å². The Hall–Kier alpha value is -1.99. The van der Waals surface area contributed by atoms with Crippen molar-refractivity contribution in [3.8, 4) is 12.5 Å². The van der Waals surface area contributed by atoms with E-state index in [0.717, 1.165) is 9.87 Å². The maximum absolute atomic E-state index is 12.6. The summed E-state index contributed by atoms with van der Waals surface area (Å²) in [6, 6.07) is 8.54. The van der Waals surface area contributed by atoms with Crippen LogP contribution in [0.2, 0.25) is 0 Å². The van der Waals surface area contributed by atoms with E-state index in [1.165, 1.54) is 0 Å². The highest BCUT2D eigenvalue weighted by molar-refractivity contribution is 7.89. The number of benzene rings is 1. The molecule has 106 valence electrons. The van der Waals surface area contributed by atoms with Crippen molar-refractivity contribution in [1.82, 2.24) is 4.31 Å². The lowest BCUT2D eigenvalue weighted by Crippen LogP contribution is -2.36.